The first-order valence-corrected chi connectivity index (χ1v) is 8.91. The molecule has 1 amide bonds. The van der Waals surface area contributed by atoms with Crippen LogP contribution < -0.4 is 5.32 Å². The van der Waals surface area contributed by atoms with Crippen molar-refractivity contribution in [2.45, 2.75) is 50.6 Å². The average Bonchev–Trinajstić information content (AvgIpc) is 3.05. The predicted molar refractivity (Wildman–Crippen MR) is 93.4 cm³/mol. The number of aromatic amines is 1. The van der Waals surface area contributed by atoms with Gasteiger partial charge >= 0.3 is 0 Å². The Hall–Kier alpha value is -1.82. The third kappa shape index (κ3) is 6.06. The van der Waals surface area contributed by atoms with Gasteiger partial charge < -0.3 is 5.32 Å². The van der Waals surface area contributed by atoms with E-state index in [9.17, 15) is 4.79 Å². The first-order chi connectivity index (χ1) is 11.0. The molecule has 5 nitrogen and oxygen atoms in total. The Balaban J connectivity index is 1.82. The van der Waals surface area contributed by atoms with Gasteiger partial charge in [-0.15, -0.1) is 0 Å². The zero-order valence-corrected chi connectivity index (χ0v) is 14.7. The van der Waals surface area contributed by atoms with Crippen LogP contribution >= 0.6 is 11.8 Å². The van der Waals surface area contributed by atoms with Gasteiger partial charge in [0.15, 0.2) is 5.16 Å². The van der Waals surface area contributed by atoms with Crippen molar-refractivity contribution in [3.8, 4) is 0 Å². The van der Waals surface area contributed by atoms with E-state index in [2.05, 4.69) is 41.3 Å². The average molecular weight is 332 g/mol. The second-order valence-electron chi connectivity index (χ2n) is 6.12. The van der Waals surface area contributed by atoms with Gasteiger partial charge in [0.2, 0.25) is 0 Å². The van der Waals surface area contributed by atoms with Gasteiger partial charge in [-0.2, -0.15) is 5.10 Å². The maximum Gasteiger partial charge on any atom is 0.251 e. The van der Waals surface area contributed by atoms with Crippen LogP contribution in [0.4, 0.5) is 0 Å². The van der Waals surface area contributed by atoms with Crippen molar-refractivity contribution in [2.24, 2.45) is 5.92 Å². The number of hydrogen-bond acceptors (Lipinski definition) is 4. The molecule has 1 atom stereocenters. The monoisotopic (exact) mass is 332 g/mol. The molecule has 2 rings (SSSR count). The van der Waals surface area contributed by atoms with Gasteiger partial charge in [-0.05, 0) is 43.4 Å². The van der Waals surface area contributed by atoms with Gasteiger partial charge in [0, 0.05) is 17.4 Å². The second kappa shape index (κ2) is 8.72. The molecule has 0 spiro atoms. The zero-order chi connectivity index (χ0) is 16.7. The third-order valence-corrected chi connectivity index (χ3v) is 4.49. The number of amides is 1. The number of benzene rings is 1. The van der Waals surface area contributed by atoms with Crippen molar-refractivity contribution in [3.63, 3.8) is 0 Å². The Bertz CT molecular complexity index is 596. The minimum Gasteiger partial charge on any atom is -0.350 e. The van der Waals surface area contributed by atoms with E-state index in [0.717, 1.165) is 29.3 Å². The van der Waals surface area contributed by atoms with E-state index >= 15 is 0 Å². The third-order valence-electron chi connectivity index (χ3n) is 3.54. The molecule has 0 aliphatic carbocycles. The van der Waals surface area contributed by atoms with Gasteiger partial charge in [-0.25, -0.2) is 4.98 Å². The fourth-order valence-electron chi connectivity index (χ4n) is 2.13. The van der Waals surface area contributed by atoms with Gasteiger partial charge in [0.25, 0.3) is 5.91 Å². The number of H-pyrrole nitrogens is 1. The SMILES string of the molecule is CC(C)CCC(C)NC(=O)c1ccc(CSc2ncn[nH]2)cc1. The van der Waals surface area contributed by atoms with Gasteiger partial charge in [-0.1, -0.05) is 37.7 Å². The number of rotatable bonds is 8. The molecule has 0 aliphatic rings. The van der Waals surface area contributed by atoms with Crippen molar-refractivity contribution in [1.82, 2.24) is 20.5 Å². The summed E-state index contributed by atoms with van der Waals surface area (Å²) in [7, 11) is 0. The van der Waals surface area contributed by atoms with Crippen LogP contribution in [-0.2, 0) is 5.75 Å². The van der Waals surface area contributed by atoms with Crippen LogP contribution in [0.5, 0.6) is 0 Å². The van der Waals surface area contributed by atoms with Crippen LogP contribution in [-0.4, -0.2) is 27.1 Å². The molecule has 23 heavy (non-hydrogen) atoms. The van der Waals surface area contributed by atoms with E-state index in [-0.39, 0.29) is 11.9 Å². The number of thioether (sulfide) groups is 1. The molecule has 2 N–H and O–H groups in total. The largest absolute Gasteiger partial charge is 0.350 e. The molecule has 0 fully saturated rings. The number of carbonyl (C=O) groups is 1. The smallest absolute Gasteiger partial charge is 0.251 e. The maximum absolute atomic E-state index is 12.2. The fraction of sp³-hybridized carbons (Fsp3) is 0.471. The molecule has 124 valence electrons. The summed E-state index contributed by atoms with van der Waals surface area (Å²) in [5.41, 5.74) is 1.85. The van der Waals surface area contributed by atoms with E-state index in [1.54, 1.807) is 11.8 Å². The van der Waals surface area contributed by atoms with Crippen LogP contribution in [0.15, 0.2) is 35.7 Å². The van der Waals surface area contributed by atoms with Crippen molar-refractivity contribution < 1.29 is 4.79 Å². The lowest BCUT2D eigenvalue weighted by Gasteiger charge is -2.15. The Morgan fingerprint density at radius 2 is 1.96 bits per heavy atom. The van der Waals surface area contributed by atoms with E-state index in [0.29, 0.717) is 11.5 Å². The van der Waals surface area contributed by atoms with E-state index in [1.807, 2.05) is 24.3 Å². The number of nitrogens with zero attached hydrogens (tertiary/aromatic N) is 2. The molecular formula is C17H24N4OS. The van der Waals surface area contributed by atoms with Gasteiger partial charge in [0.1, 0.15) is 6.33 Å². The van der Waals surface area contributed by atoms with Gasteiger partial charge in [0.05, 0.1) is 0 Å². The Morgan fingerprint density at radius 1 is 1.22 bits per heavy atom. The minimum atomic E-state index is -0.00399. The lowest BCUT2D eigenvalue weighted by atomic mass is 10.0. The standard InChI is InChI=1S/C17H24N4OS/c1-12(2)4-5-13(3)20-16(22)15-8-6-14(7-9-15)10-23-17-18-11-19-21-17/h6-9,11-13H,4-5,10H2,1-3H3,(H,20,22)(H,18,19,21). The molecule has 1 heterocycles. The zero-order valence-electron chi connectivity index (χ0n) is 13.9. The van der Waals surface area contributed by atoms with Crippen LogP contribution in [0, 0.1) is 5.92 Å². The molecule has 1 unspecified atom stereocenters. The van der Waals surface area contributed by atoms with Crippen LogP contribution in [0.1, 0.15) is 49.5 Å². The van der Waals surface area contributed by atoms with E-state index in [4.69, 9.17) is 0 Å². The summed E-state index contributed by atoms with van der Waals surface area (Å²) >= 11 is 1.58. The molecule has 0 aliphatic heterocycles. The molecule has 0 saturated heterocycles. The summed E-state index contributed by atoms with van der Waals surface area (Å²) in [6.45, 7) is 6.46. The quantitative estimate of drug-likeness (QED) is 0.724. The number of nitrogens with one attached hydrogen (secondary N) is 2. The molecule has 1 aromatic heterocycles. The Morgan fingerprint density at radius 3 is 2.57 bits per heavy atom. The number of hydrogen-bond donors (Lipinski definition) is 2. The molecular weight excluding hydrogens is 308 g/mol. The molecule has 1 aromatic carbocycles. The van der Waals surface area contributed by atoms with Crippen molar-refractivity contribution in [3.05, 3.63) is 41.7 Å². The van der Waals surface area contributed by atoms with E-state index < -0.39 is 0 Å². The van der Waals surface area contributed by atoms with E-state index in [1.165, 1.54) is 6.33 Å². The van der Waals surface area contributed by atoms with Crippen LogP contribution in [0.25, 0.3) is 0 Å². The van der Waals surface area contributed by atoms with Crippen molar-refractivity contribution in [2.75, 3.05) is 0 Å². The molecule has 2 aromatic rings. The highest BCUT2D eigenvalue weighted by molar-refractivity contribution is 7.98. The summed E-state index contributed by atoms with van der Waals surface area (Å²) in [6, 6.07) is 7.92. The summed E-state index contributed by atoms with van der Waals surface area (Å²) in [6.07, 6.45) is 3.63. The van der Waals surface area contributed by atoms with Crippen molar-refractivity contribution in [1.29, 1.82) is 0 Å². The highest BCUT2D eigenvalue weighted by Gasteiger charge is 2.10. The highest BCUT2D eigenvalue weighted by Crippen LogP contribution is 2.18. The summed E-state index contributed by atoms with van der Waals surface area (Å²) in [5.74, 6) is 1.45. The lowest BCUT2D eigenvalue weighted by Crippen LogP contribution is -2.32. The number of carbonyl (C=O) groups excluding carboxylic acids is 1. The fourth-order valence-corrected chi connectivity index (χ4v) is 2.87. The number of aromatic nitrogens is 3. The van der Waals surface area contributed by atoms with Crippen LogP contribution in [0.2, 0.25) is 0 Å². The normalized spacial score (nSPS) is 12.3. The van der Waals surface area contributed by atoms with Gasteiger partial charge in [-0.3, -0.25) is 9.89 Å². The summed E-state index contributed by atoms with van der Waals surface area (Å²) < 4.78 is 0. The predicted octanol–water partition coefficient (Wildman–Crippen LogP) is 3.65. The topological polar surface area (TPSA) is 70.7 Å². The van der Waals surface area contributed by atoms with Crippen LogP contribution in [0.3, 0.4) is 0 Å². The minimum absolute atomic E-state index is 0.00399. The summed E-state index contributed by atoms with van der Waals surface area (Å²) in [4.78, 5) is 16.3. The van der Waals surface area contributed by atoms with Crippen molar-refractivity contribution >= 4 is 17.7 Å². The summed E-state index contributed by atoms with van der Waals surface area (Å²) in [5, 5.41) is 10.5. The first kappa shape index (κ1) is 17.5. The molecule has 0 saturated carbocycles. The molecule has 6 heteroatoms. The Kier molecular flexibility index (Phi) is 6.65. The molecule has 0 bridgehead atoms. The Labute approximate surface area is 141 Å². The second-order valence-corrected chi connectivity index (χ2v) is 7.09. The maximum atomic E-state index is 12.2. The first-order valence-electron chi connectivity index (χ1n) is 7.92. The lowest BCUT2D eigenvalue weighted by molar-refractivity contribution is 0.0937. The molecule has 0 radical (unpaired) electrons. The highest BCUT2D eigenvalue weighted by atomic mass is 32.2.